The molecule has 0 aliphatic rings. The minimum atomic E-state index is -0.569. The van der Waals surface area contributed by atoms with E-state index in [1.807, 2.05) is 13.8 Å². The second-order valence-corrected chi connectivity index (χ2v) is 3.83. The highest BCUT2D eigenvalue weighted by atomic mass is 16.6. The average Bonchev–Trinajstić information content (AvgIpc) is 2.28. The molecule has 1 aromatic rings. The van der Waals surface area contributed by atoms with E-state index in [0.29, 0.717) is 5.75 Å². The highest BCUT2D eigenvalue weighted by molar-refractivity contribution is 5.98. The molecule has 0 spiro atoms. The van der Waals surface area contributed by atoms with Gasteiger partial charge in [0.25, 0.3) is 5.69 Å². The third kappa shape index (κ3) is 3.27. The third-order valence-electron chi connectivity index (χ3n) is 2.46. The fraction of sp³-hybridized carbons (Fsp3) is 0.417. The average molecular weight is 237 g/mol. The maximum Gasteiger partial charge on any atom is 0.283 e. The lowest BCUT2D eigenvalue weighted by Gasteiger charge is -2.12. The molecule has 0 heterocycles. The van der Waals surface area contributed by atoms with Crippen LogP contribution in [-0.4, -0.2) is 16.8 Å². The van der Waals surface area contributed by atoms with E-state index in [2.05, 4.69) is 0 Å². The minimum absolute atomic E-state index is 0.0159. The Hall–Kier alpha value is -1.91. The molecule has 0 fully saturated rings. The summed E-state index contributed by atoms with van der Waals surface area (Å²) in [5.41, 5.74) is -0.107. The van der Waals surface area contributed by atoms with E-state index in [-0.39, 0.29) is 23.1 Å². The van der Waals surface area contributed by atoms with Crippen molar-refractivity contribution in [2.75, 3.05) is 0 Å². The quantitative estimate of drug-likeness (QED) is 0.448. The smallest absolute Gasteiger partial charge is 0.283 e. The zero-order chi connectivity index (χ0) is 13.0. The van der Waals surface area contributed by atoms with Gasteiger partial charge in [-0.05, 0) is 32.4 Å². The molecule has 92 valence electrons. The van der Waals surface area contributed by atoms with Crippen LogP contribution in [0.25, 0.3) is 0 Å². The fourth-order valence-electron chi connectivity index (χ4n) is 1.35. The molecule has 1 aromatic carbocycles. The number of ketones is 1. The van der Waals surface area contributed by atoms with Crippen molar-refractivity contribution in [2.45, 2.75) is 33.3 Å². The first kappa shape index (κ1) is 13.2. The van der Waals surface area contributed by atoms with Gasteiger partial charge in [0.1, 0.15) is 5.75 Å². The second-order valence-electron chi connectivity index (χ2n) is 3.83. The number of hydrogen-bond acceptors (Lipinski definition) is 4. The minimum Gasteiger partial charge on any atom is -0.490 e. The number of nitrogens with zero attached hydrogens (tertiary/aromatic N) is 1. The normalized spacial score (nSPS) is 11.9. The summed E-state index contributed by atoms with van der Waals surface area (Å²) in [5.74, 6) is 0.0860. The number of ether oxygens (including phenoxy) is 1. The van der Waals surface area contributed by atoms with Gasteiger partial charge in [-0.2, -0.15) is 0 Å². The lowest BCUT2D eigenvalue weighted by molar-refractivity contribution is -0.385. The molecule has 0 saturated heterocycles. The van der Waals surface area contributed by atoms with Crippen molar-refractivity contribution in [3.05, 3.63) is 33.9 Å². The maximum atomic E-state index is 11.2. The van der Waals surface area contributed by atoms with Crippen molar-refractivity contribution in [1.82, 2.24) is 0 Å². The van der Waals surface area contributed by atoms with E-state index in [0.717, 1.165) is 6.42 Å². The molecule has 0 N–H and O–H groups in total. The third-order valence-corrected chi connectivity index (χ3v) is 2.46. The standard InChI is InChI=1S/C12H15NO4/c1-4-8(2)17-10-5-6-11(9(3)14)12(7-10)13(15)16/h5-8H,4H2,1-3H3. The van der Waals surface area contributed by atoms with Gasteiger partial charge in [0.2, 0.25) is 0 Å². The molecule has 1 rings (SSSR count). The predicted molar refractivity (Wildman–Crippen MR) is 63.5 cm³/mol. The Morgan fingerprint density at radius 2 is 2.18 bits per heavy atom. The maximum absolute atomic E-state index is 11.2. The molecule has 1 atom stereocenters. The zero-order valence-electron chi connectivity index (χ0n) is 10.1. The van der Waals surface area contributed by atoms with Crippen LogP contribution >= 0.6 is 0 Å². The van der Waals surface area contributed by atoms with Gasteiger partial charge in [0.05, 0.1) is 22.7 Å². The van der Waals surface area contributed by atoms with Crippen LogP contribution in [0.1, 0.15) is 37.6 Å². The molecule has 0 radical (unpaired) electrons. The summed E-state index contributed by atoms with van der Waals surface area (Å²) in [5, 5.41) is 10.8. The van der Waals surface area contributed by atoms with E-state index in [1.54, 1.807) is 6.07 Å². The topological polar surface area (TPSA) is 69.4 Å². The molecule has 0 aliphatic heterocycles. The Morgan fingerprint density at radius 3 is 2.65 bits per heavy atom. The SMILES string of the molecule is CCC(C)Oc1ccc(C(C)=O)c([N+](=O)[O-])c1. The Kier molecular flexibility index (Phi) is 4.20. The van der Waals surface area contributed by atoms with Crippen LogP contribution in [0.4, 0.5) is 5.69 Å². The number of carbonyl (C=O) groups is 1. The van der Waals surface area contributed by atoms with E-state index >= 15 is 0 Å². The number of Topliss-reactive ketones (excluding diaryl/α,β-unsaturated/α-hetero) is 1. The summed E-state index contributed by atoms with van der Waals surface area (Å²) in [6, 6.07) is 4.30. The molecule has 0 bridgehead atoms. The molecule has 5 nitrogen and oxygen atoms in total. The number of carbonyl (C=O) groups excluding carboxylic acids is 1. The van der Waals surface area contributed by atoms with Crippen molar-refractivity contribution in [2.24, 2.45) is 0 Å². The van der Waals surface area contributed by atoms with E-state index in [4.69, 9.17) is 4.74 Å². The van der Waals surface area contributed by atoms with Crippen molar-refractivity contribution in [1.29, 1.82) is 0 Å². The van der Waals surface area contributed by atoms with Crippen molar-refractivity contribution >= 4 is 11.5 Å². The van der Waals surface area contributed by atoms with Crippen molar-refractivity contribution in [3.63, 3.8) is 0 Å². The zero-order valence-corrected chi connectivity index (χ0v) is 10.1. The second kappa shape index (κ2) is 5.43. The first-order valence-electron chi connectivity index (χ1n) is 5.41. The molecule has 0 aliphatic carbocycles. The van der Waals surface area contributed by atoms with Crippen LogP contribution in [0.3, 0.4) is 0 Å². The number of rotatable bonds is 5. The summed E-state index contributed by atoms with van der Waals surface area (Å²) in [7, 11) is 0. The molecule has 0 saturated carbocycles. The van der Waals surface area contributed by atoms with Gasteiger partial charge in [-0.25, -0.2) is 0 Å². The predicted octanol–water partition coefficient (Wildman–Crippen LogP) is 2.97. The summed E-state index contributed by atoms with van der Waals surface area (Å²) in [6.45, 7) is 5.14. The monoisotopic (exact) mass is 237 g/mol. The summed E-state index contributed by atoms with van der Waals surface area (Å²) in [6.07, 6.45) is 0.792. The molecule has 5 heteroatoms. The van der Waals surface area contributed by atoms with Gasteiger partial charge < -0.3 is 4.74 Å². The molecule has 1 unspecified atom stereocenters. The number of benzene rings is 1. The van der Waals surface area contributed by atoms with Gasteiger partial charge in [-0.1, -0.05) is 6.92 Å². The first-order chi connectivity index (χ1) is 7.95. The largest absolute Gasteiger partial charge is 0.490 e. The molecule has 0 aromatic heterocycles. The van der Waals surface area contributed by atoms with Crippen LogP contribution in [0.5, 0.6) is 5.75 Å². The van der Waals surface area contributed by atoms with Crippen LogP contribution in [0.2, 0.25) is 0 Å². The van der Waals surface area contributed by atoms with Crippen LogP contribution in [-0.2, 0) is 0 Å². The van der Waals surface area contributed by atoms with Gasteiger partial charge in [-0.3, -0.25) is 14.9 Å². The highest BCUT2D eigenvalue weighted by Crippen LogP contribution is 2.26. The van der Waals surface area contributed by atoms with E-state index < -0.39 is 4.92 Å². The van der Waals surface area contributed by atoms with Crippen LogP contribution in [0, 0.1) is 10.1 Å². The van der Waals surface area contributed by atoms with Crippen LogP contribution < -0.4 is 4.74 Å². The summed E-state index contributed by atoms with van der Waals surface area (Å²) >= 11 is 0. The Bertz CT molecular complexity index is 442. The lowest BCUT2D eigenvalue weighted by atomic mass is 10.1. The van der Waals surface area contributed by atoms with Gasteiger partial charge >= 0.3 is 0 Å². The van der Waals surface area contributed by atoms with Gasteiger partial charge in [0, 0.05) is 0 Å². The Labute approximate surface area is 99.5 Å². The molecular weight excluding hydrogens is 222 g/mol. The molecule has 17 heavy (non-hydrogen) atoms. The van der Waals surface area contributed by atoms with E-state index in [9.17, 15) is 14.9 Å². The fourth-order valence-corrected chi connectivity index (χ4v) is 1.35. The van der Waals surface area contributed by atoms with Crippen molar-refractivity contribution in [3.8, 4) is 5.75 Å². The number of nitro benzene ring substituents is 1. The molecule has 0 amide bonds. The van der Waals surface area contributed by atoms with Crippen molar-refractivity contribution < 1.29 is 14.5 Å². The van der Waals surface area contributed by atoms with E-state index in [1.165, 1.54) is 19.1 Å². The Balaban J connectivity index is 3.10. The molecular formula is C12H15NO4. The Morgan fingerprint density at radius 1 is 1.53 bits per heavy atom. The first-order valence-corrected chi connectivity index (χ1v) is 5.41. The number of hydrogen-bond donors (Lipinski definition) is 0. The summed E-state index contributed by atoms with van der Waals surface area (Å²) in [4.78, 5) is 21.5. The number of nitro groups is 1. The van der Waals surface area contributed by atoms with Gasteiger partial charge in [0.15, 0.2) is 5.78 Å². The highest BCUT2D eigenvalue weighted by Gasteiger charge is 2.18. The van der Waals surface area contributed by atoms with Crippen LogP contribution in [0.15, 0.2) is 18.2 Å². The lowest BCUT2D eigenvalue weighted by Crippen LogP contribution is -2.10. The summed E-state index contributed by atoms with van der Waals surface area (Å²) < 4.78 is 5.47. The van der Waals surface area contributed by atoms with Gasteiger partial charge in [-0.15, -0.1) is 0 Å².